The molecule has 0 atom stereocenters. The van der Waals surface area contributed by atoms with Crippen LogP contribution in [0.4, 0.5) is 10.1 Å². The summed E-state index contributed by atoms with van der Waals surface area (Å²) in [6.07, 6.45) is 0.818. The van der Waals surface area contributed by atoms with Crippen molar-refractivity contribution in [1.82, 2.24) is 10.2 Å². The molecule has 186 valence electrons. The van der Waals surface area contributed by atoms with Gasteiger partial charge in [-0.15, -0.1) is 0 Å². The Morgan fingerprint density at radius 3 is 2.34 bits per heavy atom. The van der Waals surface area contributed by atoms with Gasteiger partial charge in [0, 0.05) is 25.2 Å². The van der Waals surface area contributed by atoms with Crippen molar-refractivity contribution in [2.75, 3.05) is 31.6 Å². The van der Waals surface area contributed by atoms with Crippen molar-refractivity contribution in [2.45, 2.75) is 26.7 Å². The highest BCUT2D eigenvalue weighted by molar-refractivity contribution is 6.04. The molecule has 2 aromatic rings. The Hall–Kier alpha value is -3.75. The molecular formula is C26H30FN3O5. The van der Waals surface area contributed by atoms with Crippen LogP contribution in [0.3, 0.4) is 0 Å². The van der Waals surface area contributed by atoms with Crippen molar-refractivity contribution >= 4 is 29.4 Å². The molecule has 9 heteroatoms. The Balaban J connectivity index is 1.46. The Labute approximate surface area is 203 Å². The lowest BCUT2D eigenvalue weighted by Crippen LogP contribution is -2.41. The van der Waals surface area contributed by atoms with Crippen molar-refractivity contribution in [3.05, 3.63) is 65.5 Å². The van der Waals surface area contributed by atoms with Gasteiger partial charge >= 0.3 is 5.97 Å². The summed E-state index contributed by atoms with van der Waals surface area (Å²) in [6.45, 7) is 4.72. The summed E-state index contributed by atoms with van der Waals surface area (Å²) in [5.41, 5.74) is 1.05. The smallest absolute Gasteiger partial charge is 0.309 e. The van der Waals surface area contributed by atoms with Crippen molar-refractivity contribution < 1.29 is 28.3 Å². The number of amides is 3. The standard InChI is InChI=1S/C26H30FN3O5/c1-17(2)15-28-24(32)21-5-3-4-6-22(21)29-23(31)16-35-26(34)19-11-13-30(14-12-19)25(33)18-7-9-20(27)10-8-18/h3-10,17,19H,11-16H2,1-2H3,(H,28,32)(H,29,31). The normalized spacial score (nSPS) is 13.9. The van der Waals surface area contributed by atoms with E-state index in [4.69, 9.17) is 4.74 Å². The van der Waals surface area contributed by atoms with Crippen LogP contribution in [0.1, 0.15) is 47.4 Å². The fourth-order valence-corrected chi connectivity index (χ4v) is 3.72. The molecule has 0 aliphatic carbocycles. The lowest BCUT2D eigenvalue weighted by molar-refractivity contribution is -0.152. The van der Waals surface area contributed by atoms with Crippen LogP contribution in [0.25, 0.3) is 0 Å². The van der Waals surface area contributed by atoms with E-state index in [1.54, 1.807) is 29.2 Å². The molecule has 0 unspecified atom stereocenters. The lowest BCUT2D eigenvalue weighted by atomic mass is 9.96. The molecule has 1 aliphatic rings. The topological polar surface area (TPSA) is 105 Å². The second-order valence-electron chi connectivity index (χ2n) is 8.88. The van der Waals surface area contributed by atoms with Gasteiger partial charge in [0.05, 0.1) is 17.2 Å². The SMILES string of the molecule is CC(C)CNC(=O)c1ccccc1NC(=O)COC(=O)C1CCN(C(=O)c2ccc(F)cc2)CC1. The van der Waals surface area contributed by atoms with Gasteiger partial charge in [-0.25, -0.2) is 4.39 Å². The van der Waals surface area contributed by atoms with Gasteiger partial charge < -0.3 is 20.3 Å². The fourth-order valence-electron chi connectivity index (χ4n) is 3.72. The molecule has 3 amide bonds. The van der Waals surface area contributed by atoms with Gasteiger partial charge in [0.2, 0.25) is 0 Å². The number of nitrogens with zero attached hydrogens (tertiary/aromatic N) is 1. The highest BCUT2D eigenvalue weighted by Gasteiger charge is 2.29. The van der Waals surface area contributed by atoms with Crippen molar-refractivity contribution in [2.24, 2.45) is 11.8 Å². The van der Waals surface area contributed by atoms with E-state index >= 15 is 0 Å². The highest BCUT2D eigenvalue weighted by Crippen LogP contribution is 2.21. The second-order valence-corrected chi connectivity index (χ2v) is 8.88. The Morgan fingerprint density at radius 2 is 1.69 bits per heavy atom. The Bertz CT molecular complexity index is 1060. The Kier molecular flexibility index (Phi) is 8.94. The molecule has 2 aromatic carbocycles. The van der Waals surface area contributed by atoms with E-state index in [0.29, 0.717) is 49.3 Å². The summed E-state index contributed by atoms with van der Waals surface area (Å²) < 4.78 is 18.3. The third kappa shape index (κ3) is 7.37. The number of esters is 1. The number of para-hydroxylation sites is 1. The molecule has 1 aliphatic heterocycles. The molecule has 0 bridgehead atoms. The number of halogens is 1. The molecule has 0 aromatic heterocycles. The first-order valence-electron chi connectivity index (χ1n) is 11.6. The molecule has 35 heavy (non-hydrogen) atoms. The van der Waals surface area contributed by atoms with E-state index in [1.165, 1.54) is 24.3 Å². The first kappa shape index (κ1) is 25.9. The number of benzene rings is 2. The summed E-state index contributed by atoms with van der Waals surface area (Å²) in [6, 6.07) is 12.0. The van der Waals surface area contributed by atoms with Gasteiger partial charge in [-0.05, 0) is 55.2 Å². The van der Waals surface area contributed by atoms with Crippen LogP contribution in [0.2, 0.25) is 0 Å². The maximum atomic E-state index is 13.1. The van der Waals surface area contributed by atoms with E-state index in [-0.39, 0.29) is 17.7 Å². The fraction of sp³-hybridized carbons (Fsp3) is 0.385. The predicted molar refractivity (Wildman–Crippen MR) is 128 cm³/mol. The minimum atomic E-state index is -0.550. The lowest BCUT2D eigenvalue weighted by Gasteiger charge is -2.31. The molecule has 1 heterocycles. The molecular weight excluding hydrogens is 453 g/mol. The third-order valence-corrected chi connectivity index (χ3v) is 5.67. The van der Waals surface area contributed by atoms with Crippen LogP contribution in [0.15, 0.2) is 48.5 Å². The number of carbonyl (C=O) groups is 4. The molecule has 1 saturated heterocycles. The number of piperidine rings is 1. The summed E-state index contributed by atoms with van der Waals surface area (Å²) in [5, 5.41) is 5.43. The number of likely N-dealkylation sites (tertiary alicyclic amines) is 1. The summed E-state index contributed by atoms with van der Waals surface area (Å²) >= 11 is 0. The average Bonchev–Trinajstić information content (AvgIpc) is 2.86. The Morgan fingerprint density at radius 1 is 1.03 bits per heavy atom. The summed E-state index contributed by atoms with van der Waals surface area (Å²) in [4.78, 5) is 51.4. The van der Waals surface area contributed by atoms with Gasteiger partial charge in [-0.2, -0.15) is 0 Å². The van der Waals surface area contributed by atoms with E-state index in [2.05, 4.69) is 10.6 Å². The maximum absolute atomic E-state index is 13.1. The molecule has 1 fully saturated rings. The van der Waals surface area contributed by atoms with Crippen LogP contribution in [0.5, 0.6) is 0 Å². The maximum Gasteiger partial charge on any atom is 0.309 e. The zero-order valence-corrected chi connectivity index (χ0v) is 19.9. The highest BCUT2D eigenvalue weighted by atomic mass is 19.1. The van der Waals surface area contributed by atoms with Crippen LogP contribution in [-0.2, 0) is 14.3 Å². The van der Waals surface area contributed by atoms with Crippen molar-refractivity contribution in [3.63, 3.8) is 0 Å². The molecule has 0 radical (unpaired) electrons. The van der Waals surface area contributed by atoms with E-state index in [9.17, 15) is 23.6 Å². The van der Waals surface area contributed by atoms with Gasteiger partial charge in [-0.3, -0.25) is 19.2 Å². The largest absolute Gasteiger partial charge is 0.455 e. The quantitative estimate of drug-likeness (QED) is 0.561. The molecule has 0 saturated carbocycles. The number of hydrogen-bond acceptors (Lipinski definition) is 5. The number of ether oxygens (including phenoxy) is 1. The summed E-state index contributed by atoms with van der Waals surface area (Å²) in [7, 11) is 0. The van der Waals surface area contributed by atoms with E-state index < -0.39 is 30.2 Å². The van der Waals surface area contributed by atoms with Gasteiger partial charge in [-0.1, -0.05) is 26.0 Å². The average molecular weight is 484 g/mol. The van der Waals surface area contributed by atoms with Crippen molar-refractivity contribution in [1.29, 1.82) is 0 Å². The third-order valence-electron chi connectivity index (χ3n) is 5.67. The molecule has 3 rings (SSSR count). The molecule has 8 nitrogen and oxygen atoms in total. The van der Waals surface area contributed by atoms with Gasteiger partial charge in [0.1, 0.15) is 5.82 Å². The van der Waals surface area contributed by atoms with Gasteiger partial charge in [0.15, 0.2) is 6.61 Å². The number of nitrogens with one attached hydrogen (secondary N) is 2. The van der Waals surface area contributed by atoms with Gasteiger partial charge in [0.25, 0.3) is 17.7 Å². The second kappa shape index (κ2) is 12.1. The number of hydrogen-bond donors (Lipinski definition) is 2. The number of rotatable bonds is 8. The first-order valence-corrected chi connectivity index (χ1v) is 11.6. The first-order chi connectivity index (χ1) is 16.7. The number of anilines is 1. The summed E-state index contributed by atoms with van der Waals surface area (Å²) in [5.74, 6) is -2.11. The minimum absolute atomic E-state index is 0.215. The van der Waals surface area contributed by atoms with Crippen LogP contribution in [-0.4, -0.2) is 54.8 Å². The molecule has 2 N–H and O–H groups in total. The van der Waals surface area contributed by atoms with Crippen LogP contribution >= 0.6 is 0 Å². The van der Waals surface area contributed by atoms with Crippen LogP contribution < -0.4 is 10.6 Å². The minimum Gasteiger partial charge on any atom is -0.455 e. The van der Waals surface area contributed by atoms with Crippen molar-refractivity contribution in [3.8, 4) is 0 Å². The monoisotopic (exact) mass is 483 g/mol. The predicted octanol–water partition coefficient (Wildman–Crippen LogP) is 3.25. The molecule has 0 spiro atoms. The van der Waals surface area contributed by atoms with E-state index in [0.717, 1.165) is 0 Å². The number of carbonyl (C=O) groups excluding carboxylic acids is 4. The zero-order valence-electron chi connectivity index (χ0n) is 19.9. The van der Waals surface area contributed by atoms with E-state index in [1.807, 2.05) is 13.8 Å². The zero-order chi connectivity index (χ0) is 25.4. The van der Waals surface area contributed by atoms with Crippen LogP contribution in [0, 0.1) is 17.7 Å².